The van der Waals surface area contributed by atoms with Crippen molar-refractivity contribution in [2.24, 2.45) is 5.92 Å². The Bertz CT molecular complexity index is 287. The minimum atomic E-state index is -0.216. The predicted molar refractivity (Wildman–Crippen MR) is 84.0 cm³/mol. The van der Waals surface area contributed by atoms with Gasteiger partial charge in [0.15, 0.2) is 0 Å². The summed E-state index contributed by atoms with van der Waals surface area (Å²) in [4.78, 5) is 23.1. The number of rotatable bonds is 12. The lowest BCUT2D eigenvalue weighted by Crippen LogP contribution is -2.17. The summed E-state index contributed by atoms with van der Waals surface area (Å²) in [6.07, 6.45) is 5.83. The molecule has 0 fully saturated rings. The van der Waals surface area contributed by atoms with Crippen molar-refractivity contribution in [2.45, 2.75) is 85.2 Å². The van der Waals surface area contributed by atoms with Crippen molar-refractivity contribution in [1.29, 1.82) is 0 Å². The van der Waals surface area contributed by atoms with Gasteiger partial charge in [0, 0.05) is 12.8 Å². The monoisotopic (exact) mass is 300 g/mol. The molecule has 0 aromatic carbocycles. The first kappa shape index (κ1) is 19.9. The molecule has 1 unspecified atom stereocenters. The van der Waals surface area contributed by atoms with Gasteiger partial charge in [0.2, 0.25) is 0 Å². The van der Waals surface area contributed by atoms with Crippen LogP contribution in [0.25, 0.3) is 0 Å². The van der Waals surface area contributed by atoms with Gasteiger partial charge in [-0.15, -0.1) is 0 Å². The first-order chi connectivity index (χ1) is 9.99. The second kappa shape index (κ2) is 12.7. The third-order valence-electron chi connectivity index (χ3n) is 3.31. The number of carbonyl (C=O) groups excluding carboxylic acids is 2. The van der Waals surface area contributed by atoms with Crippen LogP contribution in [0.3, 0.4) is 0 Å². The minimum Gasteiger partial charge on any atom is -0.466 e. The number of esters is 2. The van der Waals surface area contributed by atoms with Crippen molar-refractivity contribution >= 4 is 11.9 Å². The molecule has 4 heteroatoms. The SMILES string of the molecule is CCCC(CC)OC(=O)CCCC(=O)OCCCC(C)C. The molecule has 0 heterocycles. The van der Waals surface area contributed by atoms with E-state index in [9.17, 15) is 9.59 Å². The number of carbonyl (C=O) groups is 2. The maximum absolute atomic E-state index is 11.6. The zero-order valence-corrected chi connectivity index (χ0v) is 14.2. The highest BCUT2D eigenvalue weighted by molar-refractivity contribution is 5.72. The van der Waals surface area contributed by atoms with Crippen LogP contribution in [0, 0.1) is 5.92 Å². The molecule has 21 heavy (non-hydrogen) atoms. The Balaban J connectivity index is 3.63. The van der Waals surface area contributed by atoms with E-state index < -0.39 is 0 Å². The van der Waals surface area contributed by atoms with Crippen molar-refractivity contribution in [3.8, 4) is 0 Å². The molecule has 0 N–H and O–H groups in total. The van der Waals surface area contributed by atoms with Gasteiger partial charge in [0.25, 0.3) is 0 Å². The van der Waals surface area contributed by atoms with Gasteiger partial charge >= 0.3 is 11.9 Å². The summed E-state index contributed by atoms with van der Waals surface area (Å²) in [6.45, 7) is 8.87. The Morgan fingerprint density at radius 2 is 1.62 bits per heavy atom. The van der Waals surface area contributed by atoms with Crippen LogP contribution < -0.4 is 0 Å². The van der Waals surface area contributed by atoms with Gasteiger partial charge in [-0.25, -0.2) is 0 Å². The van der Waals surface area contributed by atoms with Crippen LogP contribution in [0.5, 0.6) is 0 Å². The molecule has 4 nitrogen and oxygen atoms in total. The fourth-order valence-corrected chi connectivity index (χ4v) is 2.04. The van der Waals surface area contributed by atoms with Gasteiger partial charge < -0.3 is 9.47 Å². The average molecular weight is 300 g/mol. The second-order valence-corrected chi connectivity index (χ2v) is 5.92. The maximum atomic E-state index is 11.6. The van der Waals surface area contributed by atoms with Crippen molar-refractivity contribution in [3.63, 3.8) is 0 Å². The molecule has 0 saturated carbocycles. The molecule has 1 atom stereocenters. The summed E-state index contributed by atoms with van der Waals surface area (Å²) in [5, 5.41) is 0. The number of ether oxygens (including phenoxy) is 2. The van der Waals surface area contributed by atoms with Gasteiger partial charge in [-0.1, -0.05) is 34.1 Å². The van der Waals surface area contributed by atoms with Crippen LogP contribution in [0.4, 0.5) is 0 Å². The molecule has 0 aliphatic heterocycles. The van der Waals surface area contributed by atoms with Gasteiger partial charge in [-0.05, 0) is 38.0 Å². The van der Waals surface area contributed by atoms with E-state index >= 15 is 0 Å². The standard InChI is InChI=1S/C17H32O4/c1-5-9-15(6-2)21-17(19)12-7-11-16(18)20-13-8-10-14(3)4/h14-15H,5-13H2,1-4H3. The topological polar surface area (TPSA) is 52.6 Å². The number of hydrogen-bond donors (Lipinski definition) is 0. The van der Waals surface area contributed by atoms with Gasteiger partial charge in [-0.2, -0.15) is 0 Å². The third-order valence-corrected chi connectivity index (χ3v) is 3.31. The van der Waals surface area contributed by atoms with E-state index in [4.69, 9.17) is 9.47 Å². The van der Waals surface area contributed by atoms with E-state index in [0.29, 0.717) is 31.8 Å². The first-order valence-corrected chi connectivity index (χ1v) is 8.34. The summed E-state index contributed by atoms with van der Waals surface area (Å²) < 4.78 is 10.5. The summed E-state index contributed by atoms with van der Waals surface area (Å²) in [5.41, 5.74) is 0. The average Bonchev–Trinajstić information content (AvgIpc) is 2.43. The highest BCUT2D eigenvalue weighted by Crippen LogP contribution is 2.09. The molecule has 0 aliphatic carbocycles. The summed E-state index contributed by atoms with van der Waals surface area (Å²) in [7, 11) is 0. The van der Waals surface area contributed by atoms with E-state index in [1.54, 1.807) is 0 Å². The van der Waals surface area contributed by atoms with Crippen LogP contribution in [0.2, 0.25) is 0 Å². The van der Waals surface area contributed by atoms with E-state index in [1.165, 1.54) is 0 Å². The van der Waals surface area contributed by atoms with Crippen molar-refractivity contribution in [3.05, 3.63) is 0 Å². The van der Waals surface area contributed by atoms with Crippen molar-refractivity contribution in [2.75, 3.05) is 6.61 Å². The molecule has 0 saturated heterocycles. The Hall–Kier alpha value is -1.06. The molecule has 0 aliphatic rings. The molecule has 124 valence electrons. The lowest BCUT2D eigenvalue weighted by Gasteiger charge is -2.15. The molecule has 0 bridgehead atoms. The molecule has 0 spiro atoms. The van der Waals surface area contributed by atoms with Crippen molar-refractivity contribution < 1.29 is 19.1 Å². The molecule has 0 aromatic heterocycles. The lowest BCUT2D eigenvalue weighted by molar-refractivity contribution is -0.150. The summed E-state index contributed by atoms with van der Waals surface area (Å²) in [5.74, 6) is 0.211. The van der Waals surface area contributed by atoms with Crippen LogP contribution in [-0.2, 0) is 19.1 Å². The Morgan fingerprint density at radius 1 is 0.952 bits per heavy atom. The zero-order chi connectivity index (χ0) is 16.1. The zero-order valence-electron chi connectivity index (χ0n) is 14.2. The molecule has 0 aromatic rings. The van der Waals surface area contributed by atoms with Gasteiger partial charge in [-0.3, -0.25) is 9.59 Å². The van der Waals surface area contributed by atoms with Gasteiger partial charge in [0.1, 0.15) is 6.10 Å². The summed E-state index contributed by atoms with van der Waals surface area (Å²) in [6, 6.07) is 0. The third kappa shape index (κ3) is 12.4. The molecule has 0 radical (unpaired) electrons. The van der Waals surface area contributed by atoms with E-state index in [1.807, 2.05) is 6.92 Å². The minimum absolute atomic E-state index is 0.0190. The van der Waals surface area contributed by atoms with Crippen molar-refractivity contribution in [1.82, 2.24) is 0 Å². The predicted octanol–water partition coefficient (Wildman–Crippen LogP) is 4.26. The Labute approximate surface area is 129 Å². The fraction of sp³-hybridized carbons (Fsp3) is 0.882. The largest absolute Gasteiger partial charge is 0.466 e. The van der Waals surface area contributed by atoms with Crippen LogP contribution >= 0.6 is 0 Å². The number of hydrogen-bond acceptors (Lipinski definition) is 4. The van der Waals surface area contributed by atoms with Crippen LogP contribution in [0.1, 0.15) is 79.1 Å². The maximum Gasteiger partial charge on any atom is 0.306 e. The molecule has 0 rings (SSSR count). The molecular formula is C17H32O4. The second-order valence-electron chi connectivity index (χ2n) is 5.92. The first-order valence-electron chi connectivity index (χ1n) is 8.34. The highest BCUT2D eigenvalue weighted by atomic mass is 16.5. The Morgan fingerprint density at radius 3 is 2.19 bits per heavy atom. The van der Waals surface area contributed by atoms with E-state index in [-0.39, 0.29) is 18.0 Å². The fourth-order valence-electron chi connectivity index (χ4n) is 2.04. The summed E-state index contributed by atoms with van der Waals surface area (Å²) >= 11 is 0. The van der Waals surface area contributed by atoms with Crippen LogP contribution in [-0.4, -0.2) is 24.6 Å². The highest BCUT2D eigenvalue weighted by Gasteiger charge is 2.12. The van der Waals surface area contributed by atoms with Crippen LogP contribution in [0.15, 0.2) is 0 Å². The smallest absolute Gasteiger partial charge is 0.306 e. The van der Waals surface area contributed by atoms with E-state index in [2.05, 4.69) is 20.8 Å². The normalized spacial score (nSPS) is 12.2. The molecule has 0 amide bonds. The molecular weight excluding hydrogens is 268 g/mol. The Kier molecular flexibility index (Phi) is 12.0. The quantitative estimate of drug-likeness (QED) is 0.399. The van der Waals surface area contributed by atoms with E-state index in [0.717, 1.165) is 32.1 Å². The van der Waals surface area contributed by atoms with Gasteiger partial charge in [0.05, 0.1) is 6.61 Å². The lowest BCUT2D eigenvalue weighted by atomic mass is 10.1.